The molecule has 0 bridgehead atoms. The molecule has 6 heteroatoms. The van der Waals surface area contributed by atoms with Crippen molar-refractivity contribution in [2.45, 2.75) is 5.41 Å². The molecule has 5 rings (SSSR count). The van der Waals surface area contributed by atoms with Gasteiger partial charge in [0, 0.05) is 0 Å². The Morgan fingerprint density at radius 2 is 0.970 bits per heavy atom. The van der Waals surface area contributed by atoms with Crippen molar-refractivity contribution >= 4 is 0 Å². The van der Waals surface area contributed by atoms with Crippen LogP contribution in [0.4, 0.5) is 0 Å². The van der Waals surface area contributed by atoms with E-state index in [2.05, 4.69) is 0 Å². The SMILES string of the molecule is COc1cc(C2(c3cc(O)c(O)c(OC)c3)c3ccccc3-c3ccccc32)cc(O)c1O. The van der Waals surface area contributed by atoms with Crippen molar-refractivity contribution in [3.8, 4) is 45.6 Å². The van der Waals surface area contributed by atoms with Crippen LogP contribution in [-0.2, 0) is 5.41 Å². The van der Waals surface area contributed by atoms with Crippen molar-refractivity contribution in [3.05, 3.63) is 95.1 Å². The summed E-state index contributed by atoms with van der Waals surface area (Å²) in [6, 6.07) is 22.1. The summed E-state index contributed by atoms with van der Waals surface area (Å²) in [4.78, 5) is 0. The first-order valence-electron chi connectivity index (χ1n) is 10.3. The number of methoxy groups -OCH3 is 2. The van der Waals surface area contributed by atoms with E-state index in [1.165, 1.54) is 26.4 Å². The van der Waals surface area contributed by atoms with E-state index >= 15 is 0 Å². The van der Waals surface area contributed by atoms with Crippen molar-refractivity contribution in [1.82, 2.24) is 0 Å². The van der Waals surface area contributed by atoms with E-state index in [1.54, 1.807) is 12.1 Å². The van der Waals surface area contributed by atoms with Crippen LogP contribution >= 0.6 is 0 Å². The minimum absolute atomic E-state index is 0.112. The molecule has 0 fully saturated rings. The highest BCUT2D eigenvalue weighted by molar-refractivity contribution is 5.87. The molecule has 0 saturated carbocycles. The largest absolute Gasteiger partial charge is 0.504 e. The summed E-state index contributed by atoms with van der Waals surface area (Å²) >= 11 is 0. The molecule has 0 aromatic heterocycles. The van der Waals surface area contributed by atoms with Gasteiger partial charge < -0.3 is 29.9 Å². The van der Waals surface area contributed by atoms with Crippen LogP contribution in [0, 0.1) is 0 Å². The third-order valence-electron chi connectivity index (χ3n) is 6.37. The van der Waals surface area contributed by atoms with Gasteiger partial charge in [0.1, 0.15) is 0 Å². The van der Waals surface area contributed by atoms with Gasteiger partial charge >= 0.3 is 0 Å². The normalized spacial score (nSPS) is 13.3. The van der Waals surface area contributed by atoms with E-state index in [0.29, 0.717) is 11.1 Å². The van der Waals surface area contributed by atoms with Crippen molar-refractivity contribution in [2.24, 2.45) is 0 Å². The Labute approximate surface area is 190 Å². The second kappa shape index (κ2) is 7.38. The van der Waals surface area contributed by atoms with Gasteiger partial charge in [0.15, 0.2) is 23.0 Å². The zero-order valence-corrected chi connectivity index (χ0v) is 18.0. The molecule has 0 unspecified atom stereocenters. The van der Waals surface area contributed by atoms with Crippen LogP contribution in [0.15, 0.2) is 72.8 Å². The Morgan fingerprint density at radius 1 is 0.576 bits per heavy atom. The molecule has 0 aliphatic heterocycles. The maximum Gasteiger partial charge on any atom is 0.200 e. The van der Waals surface area contributed by atoms with Crippen LogP contribution in [0.3, 0.4) is 0 Å². The molecule has 4 aromatic carbocycles. The fourth-order valence-corrected chi connectivity index (χ4v) is 4.95. The Morgan fingerprint density at radius 3 is 1.36 bits per heavy atom. The predicted octanol–water partition coefficient (Wildman–Crippen LogP) is 4.89. The van der Waals surface area contributed by atoms with Crippen molar-refractivity contribution in [2.75, 3.05) is 14.2 Å². The van der Waals surface area contributed by atoms with Crippen LogP contribution in [0.1, 0.15) is 22.3 Å². The lowest BCUT2D eigenvalue weighted by Gasteiger charge is -2.34. The quantitative estimate of drug-likeness (QED) is 0.296. The third kappa shape index (κ3) is 2.74. The smallest absolute Gasteiger partial charge is 0.200 e. The number of phenols is 4. The zero-order valence-electron chi connectivity index (χ0n) is 18.0. The second-order valence-electron chi connectivity index (χ2n) is 7.93. The van der Waals surface area contributed by atoms with Gasteiger partial charge in [-0.1, -0.05) is 48.5 Å². The van der Waals surface area contributed by atoms with E-state index in [9.17, 15) is 20.4 Å². The number of phenolic OH excluding ortho intramolecular Hbond substituents is 4. The van der Waals surface area contributed by atoms with Crippen LogP contribution < -0.4 is 9.47 Å². The number of hydrogen-bond acceptors (Lipinski definition) is 6. The van der Waals surface area contributed by atoms with Gasteiger partial charge in [-0.2, -0.15) is 0 Å². The molecule has 4 N–H and O–H groups in total. The molecule has 6 nitrogen and oxygen atoms in total. The van der Waals surface area contributed by atoms with Crippen LogP contribution in [-0.4, -0.2) is 34.6 Å². The summed E-state index contributed by atoms with van der Waals surface area (Å²) in [7, 11) is 2.83. The summed E-state index contributed by atoms with van der Waals surface area (Å²) in [6.45, 7) is 0. The number of fused-ring (bicyclic) bond motifs is 3. The van der Waals surface area contributed by atoms with Gasteiger partial charge in [-0.15, -0.1) is 0 Å². The average molecular weight is 442 g/mol. The topological polar surface area (TPSA) is 99.4 Å². The molecule has 1 aliphatic rings. The molecule has 33 heavy (non-hydrogen) atoms. The minimum atomic E-state index is -1.01. The first kappa shape index (κ1) is 20.6. The minimum Gasteiger partial charge on any atom is -0.504 e. The van der Waals surface area contributed by atoms with E-state index in [0.717, 1.165) is 22.3 Å². The van der Waals surface area contributed by atoms with Crippen LogP contribution in [0.2, 0.25) is 0 Å². The first-order chi connectivity index (χ1) is 15.9. The first-order valence-corrected chi connectivity index (χ1v) is 10.3. The van der Waals surface area contributed by atoms with Gasteiger partial charge in [-0.25, -0.2) is 0 Å². The molecule has 0 radical (unpaired) electrons. The lowest BCUT2D eigenvalue weighted by atomic mass is 9.67. The molecule has 0 atom stereocenters. The predicted molar refractivity (Wildman–Crippen MR) is 124 cm³/mol. The van der Waals surface area contributed by atoms with Gasteiger partial charge in [-0.05, 0) is 57.6 Å². The number of rotatable bonds is 4. The van der Waals surface area contributed by atoms with Crippen molar-refractivity contribution in [3.63, 3.8) is 0 Å². The highest BCUT2D eigenvalue weighted by Crippen LogP contribution is 2.59. The van der Waals surface area contributed by atoms with E-state index < -0.39 is 5.41 Å². The molecule has 0 saturated heterocycles. The molecule has 0 amide bonds. The summed E-state index contributed by atoms with van der Waals surface area (Å²) < 4.78 is 10.7. The molecule has 4 aromatic rings. The Kier molecular flexibility index (Phi) is 4.60. The molecule has 0 spiro atoms. The molecule has 0 heterocycles. The highest BCUT2D eigenvalue weighted by Gasteiger charge is 2.47. The number of hydrogen-bond donors (Lipinski definition) is 4. The Hall–Kier alpha value is -4.32. The average Bonchev–Trinajstić information content (AvgIpc) is 3.14. The highest BCUT2D eigenvalue weighted by atomic mass is 16.5. The number of benzene rings is 4. The zero-order chi connectivity index (χ0) is 23.3. The maximum atomic E-state index is 10.6. The number of aromatic hydroxyl groups is 4. The van der Waals surface area contributed by atoms with E-state index in [4.69, 9.17) is 9.47 Å². The molecular weight excluding hydrogens is 420 g/mol. The summed E-state index contributed by atoms with van der Waals surface area (Å²) in [5.41, 5.74) is 4.01. The Bertz CT molecular complexity index is 1280. The van der Waals surface area contributed by atoms with Crippen LogP contribution in [0.25, 0.3) is 11.1 Å². The fourth-order valence-electron chi connectivity index (χ4n) is 4.95. The molecular formula is C27H22O6. The lowest BCUT2D eigenvalue weighted by molar-refractivity contribution is 0.348. The summed E-state index contributed by atoms with van der Waals surface area (Å²) in [5, 5.41) is 41.8. The van der Waals surface area contributed by atoms with E-state index in [1.807, 2.05) is 48.5 Å². The number of ether oxygens (including phenoxy) is 2. The third-order valence-corrected chi connectivity index (χ3v) is 6.37. The van der Waals surface area contributed by atoms with Gasteiger partial charge in [0.25, 0.3) is 0 Å². The molecule has 1 aliphatic carbocycles. The van der Waals surface area contributed by atoms with Gasteiger partial charge in [0.05, 0.1) is 19.6 Å². The van der Waals surface area contributed by atoms with Crippen molar-refractivity contribution in [1.29, 1.82) is 0 Å². The van der Waals surface area contributed by atoms with Crippen LogP contribution in [0.5, 0.6) is 34.5 Å². The maximum absolute atomic E-state index is 10.6. The van der Waals surface area contributed by atoms with Gasteiger partial charge in [0.2, 0.25) is 11.5 Å². The second-order valence-corrected chi connectivity index (χ2v) is 7.93. The van der Waals surface area contributed by atoms with Crippen molar-refractivity contribution < 1.29 is 29.9 Å². The fraction of sp³-hybridized carbons (Fsp3) is 0.111. The standard InChI is InChI=1S/C27H22O6/c1-32-23-13-15(11-21(28)25(23)30)27(16-12-22(29)26(31)24(14-16)33-2)19-9-5-3-7-17(19)18-8-4-6-10-20(18)27/h3-14,28-31H,1-2H3. The summed E-state index contributed by atoms with van der Waals surface area (Å²) in [6.07, 6.45) is 0. The van der Waals surface area contributed by atoms with E-state index in [-0.39, 0.29) is 34.5 Å². The monoisotopic (exact) mass is 442 g/mol. The molecule has 166 valence electrons. The Balaban J connectivity index is 1.99. The lowest BCUT2D eigenvalue weighted by Crippen LogP contribution is -2.28. The van der Waals surface area contributed by atoms with Gasteiger partial charge in [-0.3, -0.25) is 0 Å². The summed E-state index contributed by atoms with van der Waals surface area (Å²) in [5.74, 6) is -1.16.